The molecule has 0 spiro atoms. The number of hydrogen-bond donors (Lipinski definition) is 3. The number of aryl methyl sites for hydroxylation is 1. The first-order valence-electron chi connectivity index (χ1n) is 9.53. The van der Waals surface area contributed by atoms with E-state index in [1.54, 1.807) is 29.2 Å². The number of nitrogens with one attached hydrogen (secondary N) is 1. The van der Waals surface area contributed by atoms with Crippen molar-refractivity contribution < 1.29 is 4.79 Å². The van der Waals surface area contributed by atoms with E-state index in [-0.39, 0.29) is 11.3 Å². The Balaban J connectivity index is 2.09. The van der Waals surface area contributed by atoms with E-state index in [2.05, 4.69) is 25.8 Å². The van der Waals surface area contributed by atoms with E-state index in [0.29, 0.717) is 55.5 Å². The van der Waals surface area contributed by atoms with Gasteiger partial charge >= 0.3 is 0 Å². The van der Waals surface area contributed by atoms with Crippen LogP contribution in [0.2, 0.25) is 0 Å². The van der Waals surface area contributed by atoms with E-state index in [1.807, 2.05) is 17.9 Å². The van der Waals surface area contributed by atoms with Gasteiger partial charge in [0, 0.05) is 45.1 Å². The summed E-state index contributed by atoms with van der Waals surface area (Å²) < 4.78 is 0. The molecular weight excluding hydrogens is 354 g/mol. The minimum absolute atomic E-state index is 0.0415. The molecule has 1 aliphatic rings. The molecule has 2 heterocycles. The van der Waals surface area contributed by atoms with Crippen LogP contribution in [-0.4, -0.2) is 64.3 Å². The zero-order valence-electron chi connectivity index (χ0n) is 17.6. The molecule has 1 aromatic heterocycles. The Morgan fingerprint density at radius 3 is 2.36 bits per heavy atom. The summed E-state index contributed by atoms with van der Waals surface area (Å²) in [5.41, 5.74) is 8.71. The van der Waals surface area contributed by atoms with Crippen molar-refractivity contribution in [3.8, 4) is 0 Å². The number of piperazine rings is 1. The summed E-state index contributed by atoms with van der Waals surface area (Å²) in [6, 6.07) is 1.82. The Morgan fingerprint density at radius 1 is 1.29 bits per heavy atom. The molecule has 0 atom stereocenters. The second kappa shape index (κ2) is 8.60. The van der Waals surface area contributed by atoms with Gasteiger partial charge in [0.15, 0.2) is 0 Å². The van der Waals surface area contributed by atoms with Gasteiger partial charge < -0.3 is 20.5 Å². The molecule has 1 aromatic rings. The van der Waals surface area contributed by atoms with E-state index < -0.39 is 0 Å². The van der Waals surface area contributed by atoms with Gasteiger partial charge in [-0.15, -0.1) is 0 Å². The molecule has 8 nitrogen and oxygen atoms in total. The third kappa shape index (κ3) is 5.69. The van der Waals surface area contributed by atoms with Crippen LogP contribution in [0.3, 0.4) is 0 Å². The standard InChI is InChI=1S/C20H33N7O/c1-14-10-16(19(28)26-8-6-25(7-9-26)15(2)21)11-24-18(14)17(22)12-27(23)13-20(3,4)5/h10-12,21H,6-9,13,22-23H2,1-5H3/b17-12-,21-15?. The van der Waals surface area contributed by atoms with E-state index in [1.165, 1.54) is 0 Å². The highest BCUT2D eigenvalue weighted by Crippen LogP contribution is 2.18. The van der Waals surface area contributed by atoms with Crippen LogP contribution in [0.5, 0.6) is 0 Å². The van der Waals surface area contributed by atoms with E-state index in [0.717, 1.165) is 5.56 Å². The summed E-state index contributed by atoms with van der Waals surface area (Å²) in [6.45, 7) is 13.2. The number of aromatic nitrogens is 1. The third-order valence-electron chi connectivity index (χ3n) is 4.60. The molecule has 1 aliphatic heterocycles. The molecule has 1 amide bonds. The van der Waals surface area contributed by atoms with Crippen LogP contribution in [0.1, 0.15) is 49.3 Å². The maximum absolute atomic E-state index is 12.8. The predicted molar refractivity (Wildman–Crippen MR) is 112 cm³/mol. The number of rotatable bonds is 4. The van der Waals surface area contributed by atoms with Crippen LogP contribution >= 0.6 is 0 Å². The number of hydrazine groups is 1. The normalized spacial score (nSPS) is 15.6. The van der Waals surface area contributed by atoms with Crippen LogP contribution in [0, 0.1) is 17.7 Å². The molecule has 28 heavy (non-hydrogen) atoms. The van der Waals surface area contributed by atoms with E-state index in [9.17, 15) is 4.79 Å². The summed E-state index contributed by atoms with van der Waals surface area (Å²) in [7, 11) is 0. The number of pyridine rings is 1. The number of carbonyl (C=O) groups excluding carboxylic acids is 1. The second-order valence-electron chi connectivity index (χ2n) is 8.57. The Morgan fingerprint density at radius 2 is 1.86 bits per heavy atom. The quantitative estimate of drug-likeness (QED) is 0.313. The number of carbonyl (C=O) groups is 1. The lowest BCUT2D eigenvalue weighted by molar-refractivity contribution is 0.0690. The zero-order valence-corrected chi connectivity index (χ0v) is 17.6. The Kier molecular flexibility index (Phi) is 6.66. The highest BCUT2D eigenvalue weighted by Gasteiger charge is 2.23. The fourth-order valence-electron chi connectivity index (χ4n) is 3.25. The molecule has 0 unspecified atom stereocenters. The van der Waals surface area contributed by atoms with Gasteiger partial charge in [-0.3, -0.25) is 15.2 Å². The van der Waals surface area contributed by atoms with Crippen molar-refractivity contribution in [2.45, 2.75) is 34.6 Å². The minimum Gasteiger partial charge on any atom is -0.396 e. The summed E-state index contributed by atoms with van der Waals surface area (Å²) >= 11 is 0. The van der Waals surface area contributed by atoms with Crippen LogP contribution in [-0.2, 0) is 0 Å². The highest BCUT2D eigenvalue weighted by atomic mass is 16.2. The van der Waals surface area contributed by atoms with Crippen LogP contribution in [0.4, 0.5) is 0 Å². The number of nitrogens with two attached hydrogens (primary N) is 2. The largest absolute Gasteiger partial charge is 0.396 e. The van der Waals surface area contributed by atoms with Crippen molar-refractivity contribution in [1.29, 1.82) is 5.41 Å². The number of nitrogens with zero attached hydrogens (tertiary/aromatic N) is 4. The molecule has 154 valence electrons. The van der Waals surface area contributed by atoms with Crippen molar-refractivity contribution in [3.05, 3.63) is 35.3 Å². The third-order valence-corrected chi connectivity index (χ3v) is 4.60. The lowest BCUT2D eigenvalue weighted by Gasteiger charge is -2.35. The van der Waals surface area contributed by atoms with Crippen LogP contribution in [0.25, 0.3) is 5.70 Å². The lowest BCUT2D eigenvalue weighted by Crippen LogP contribution is -2.49. The van der Waals surface area contributed by atoms with Gasteiger partial charge in [0.1, 0.15) is 0 Å². The summed E-state index contributed by atoms with van der Waals surface area (Å²) in [5.74, 6) is 6.52. The van der Waals surface area contributed by atoms with Crippen molar-refractivity contribution >= 4 is 17.4 Å². The van der Waals surface area contributed by atoms with Crippen LogP contribution < -0.4 is 11.6 Å². The monoisotopic (exact) mass is 387 g/mol. The molecule has 1 saturated heterocycles. The smallest absolute Gasteiger partial charge is 0.255 e. The molecule has 8 heteroatoms. The van der Waals surface area contributed by atoms with Crippen molar-refractivity contribution in [1.82, 2.24) is 19.8 Å². The van der Waals surface area contributed by atoms with Gasteiger partial charge in [-0.2, -0.15) is 0 Å². The molecule has 0 saturated carbocycles. The van der Waals surface area contributed by atoms with Gasteiger partial charge in [-0.1, -0.05) is 20.8 Å². The molecule has 0 radical (unpaired) electrons. The van der Waals surface area contributed by atoms with Gasteiger partial charge in [0.05, 0.1) is 22.8 Å². The summed E-state index contributed by atoms with van der Waals surface area (Å²) in [6.07, 6.45) is 3.26. The van der Waals surface area contributed by atoms with E-state index in [4.69, 9.17) is 17.0 Å². The maximum Gasteiger partial charge on any atom is 0.255 e. The summed E-state index contributed by atoms with van der Waals surface area (Å²) in [4.78, 5) is 21.0. The molecule has 1 fully saturated rings. The molecule has 0 aliphatic carbocycles. The van der Waals surface area contributed by atoms with Crippen molar-refractivity contribution in [2.75, 3.05) is 32.7 Å². The SMILES string of the molecule is CC(=N)N1CCN(C(=O)c2cnc(/C(N)=C/N(N)CC(C)(C)C)c(C)c2)CC1. The minimum atomic E-state index is -0.0415. The first-order chi connectivity index (χ1) is 13.0. The number of amidine groups is 1. The fourth-order valence-corrected chi connectivity index (χ4v) is 3.25. The van der Waals surface area contributed by atoms with Gasteiger partial charge in [0.25, 0.3) is 5.91 Å². The Hall–Kier alpha value is -2.61. The molecular formula is C20H33N7O. The predicted octanol–water partition coefficient (Wildman–Crippen LogP) is 1.62. The molecule has 2 rings (SSSR count). The second-order valence-corrected chi connectivity index (χ2v) is 8.57. The van der Waals surface area contributed by atoms with Gasteiger partial charge in [-0.05, 0) is 30.9 Å². The zero-order chi connectivity index (χ0) is 21.1. The molecule has 0 bridgehead atoms. The first-order valence-corrected chi connectivity index (χ1v) is 9.53. The lowest BCUT2D eigenvalue weighted by atomic mass is 9.97. The maximum atomic E-state index is 12.8. The van der Waals surface area contributed by atoms with E-state index >= 15 is 0 Å². The Bertz CT molecular complexity index is 758. The Labute approximate surface area is 167 Å². The average Bonchev–Trinajstić information content (AvgIpc) is 2.59. The molecule has 5 N–H and O–H groups in total. The number of hydrogen-bond acceptors (Lipinski definition) is 6. The highest BCUT2D eigenvalue weighted by molar-refractivity contribution is 5.94. The average molecular weight is 388 g/mol. The first kappa shape index (κ1) is 21.7. The topological polar surface area (TPSA) is 116 Å². The summed E-state index contributed by atoms with van der Waals surface area (Å²) in [5, 5.41) is 9.27. The molecule has 0 aromatic carbocycles. The van der Waals surface area contributed by atoms with Crippen molar-refractivity contribution in [2.24, 2.45) is 17.0 Å². The van der Waals surface area contributed by atoms with Crippen LogP contribution in [0.15, 0.2) is 18.5 Å². The number of amides is 1. The fraction of sp³-hybridized carbons (Fsp3) is 0.550. The van der Waals surface area contributed by atoms with Gasteiger partial charge in [-0.25, -0.2) is 5.84 Å². The van der Waals surface area contributed by atoms with Crippen molar-refractivity contribution in [3.63, 3.8) is 0 Å². The van der Waals surface area contributed by atoms with Gasteiger partial charge in [0.2, 0.25) is 0 Å².